The monoisotopic (exact) mass is 416 g/mol. The van der Waals surface area contributed by atoms with Crippen molar-refractivity contribution in [3.63, 3.8) is 0 Å². The highest BCUT2D eigenvalue weighted by atomic mass is 19.4. The highest BCUT2D eigenvalue weighted by Gasteiger charge is 2.30. The van der Waals surface area contributed by atoms with Gasteiger partial charge >= 0.3 is 6.36 Å². The molecule has 0 aliphatic rings. The van der Waals surface area contributed by atoms with Gasteiger partial charge in [-0.3, -0.25) is 0 Å². The predicted octanol–water partition coefficient (Wildman–Crippen LogP) is 7.25. The van der Waals surface area contributed by atoms with Crippen LogP contribution in [0, 0.1) is 5.82 Å². The van der Waals surface area contributed by atoms with Gasteiger partial charge in [0, 0.05) is 0 Å². The van der Waals surface area contributed by atoms with E-state index >= 15 is 0 Å². The molecule has 0 aliphatic carbocycles. The van der Waals surface area contributed by atoms with Crippen LogP contribution >= 0.6 is 0 Å². The molecule has 0 saturated heterocycles. The zero-order valence-electron chi connectivity index (χ0n) is 16.0. The molecule has 30 heavy (non-hydrogen) atoms. The molecule has 3 aromatic carbocycles. The summed E-state index contributed by atoms with van der Waals surface area (Å²) in [6, 6.07) is 19.6. The summed E-state index contributed by atoms with van der Waals surface area (Å²) in [6.45, 7) is 0. The molecule has 0 radical (unpaired) electrons. The molecular weight excluding hydrogens is 396 g/mol. The molecule has 0 unspecified atom stereocenters. The molecule has 6 heteroatoms. The summed E-state index contributed by atoms with van der Waals surface area (Å²) in [5.41, 5.74) is 1.82. The second-order valence-corrected chi connectivity index (χ2v) is 6.59. The average molecular weight is 416 g/mol. The molecule has 156 valence electrons. The maximum Gasteiger partial charge on any atom is 0.573 e. The maximum absolute atomic E-state index is 14.0. The van der Waals surface area contributed by atoms with Gasteiger partial charge in [-0.2, -0.15) is 0 Å². The van der Waals surface area contributed by atoms with E-state index in [1.54, 1.807) is 36.4 Å². The third kappa shape index (κ3) is 6.95. The van der Waals surface area contributed by atoms with Crippen LogP contribution in [0.5, 0.6) is 17.2 Å². The molecule has 3 rings (SSSR count). The summed E-state index contributed by atoms with van der Waals surface area (Å²) >= 11 is 0. The minimum atomic E-state index is -4.68. The number of hydrogen-bond donors (Lipinski definition) is 0. The molecule has 0 aromatic heterocycles. The van der Waals surface area contributed by atoms with E-state index in [-0.39, 0.29) is 11.5 Å². The smallest absolute Gasteiger partial charge is 0.454 e. The molecule has 0 amide bonds. The van der Waals surface area contributed by atoms with Crippen LogP contribution in [-0.2, 0) is 12.8 Å². The van der Waals surface area contributed by atoms with Crippen molar-refractivity contribution >= 4 is 0 Å². The van der Waals surface area contributed by atoms with Gasteiger partial charge in [0.05, 0.1) is 0 Å². The number of benzene rings is 3. The van der Waals surface area contributed by atoms with E-state index in [1.807, 2.05) is 30.4 Å². The Morgan fingerprint density at radius 1 is 0.767 bits per heavy atom. The molecule has 0 bridgehead atoms. The van der Waals surface area contributed by atoms with E-state index in [4.69, 9.17) is 4.74 Å². The van der Waals surface area contributed by atoms with Crippen LogP contribution in [0.3, 0.4) is 0 Å². The van der Waals surface area contributed by atoms with Gasteiger partial charge < -0.3 is 9.47 Å². The van der Waals surface area contributed by atoms with Crippen LogP contribution in [-0.4, -0.2) is 6.36 Å². The van der Waals surface area contributed by atoms with Crippen LogP contribution < -0.4 is 9.47 Å². The van der Waals surface area contributed by atoms with Crippen LogP contribution in [0.4, 0.5) is 17.6 Å². The Kier molecular flexibility index (Phi) is 7.12. The highest BCUT2D eigenvalue weighted by Crippen LogP contribution is 2.26. The lowest BCUT2D eigenvalue weighted by molar-refractivity contribution is -0.274. The van der Waals surface area contributed by atoms with Crippen molar-refractivity contribution in [1.82, 2.24) is 0 Å². The van der Waals surface area contributed by atoms with Crippen molar-refractivity contribution in [2.24, 2.45) is 0 Å². The van der Waals surface area contributed by atoms with Gasteiger partial charge in [0.15, 0.2) is 11.6 Å². The zero-order valence-corrected chi connectivity index (χ0v) is 16.0. The Balaban J connectivity index is 1.49. The summed E-state index contributed by atoms with van der Waals surface area (Å²) in [4.78, 5) is 0. The Morgan fingerprint density at radius 3 is 2.17 bits per heavy atom. The van der Waals surface area contributed by atoms with E-state index in [9.17, 15) is 17.6 Å². The Morgan fingerprint density at radius 2 is 1.47 bits per heavy atom. The highest BCUT2D eigenvalue weighted by molar-refractivity contribution is 5.36. The summed E-state index contributed by atoms with van der Waals surface area (Å²) in [5.74, 6) is 0.0835. The van der Waals surface area contributed by atoms with Crippen molar-refractivity contribution in [3.05, 3.63) is 102 Å². The quantitative estimate of drug-likeness (QED) is 0.284. The van der Waals surface area contributed by atoms with Crippen molar-refractivity contribution in [1.29, 1.82) is 0 Å². The summed E-state index contributed by atoms with van der Waals surface area (Å²) in [5, 5.41) is 0. The molecule has 0 fully saturated rings. The summed E-state index contributed by atoms with van der Waals surface area (Å²) < 4.78 is 59.9. The number of para-hydroxylation sites is 1. The Labute approximate surface area is 172 Å². The van der Waals surface area contributed by atoms with Gasteiger partial charge in [-0.25, -0.2) is 4.39 Å². The molecule has 0 N–H and O–H groups in total. The lowest BCUT2D eigenvalue weighted by atomic mass is 10.1. The third-order valence-corrected chi connectivity index (χ3v) is 4.24. The molecule has 0 saturated carbocycles. The number of aryl methyl sites for hydroxylation is 1. The van der Waals surface area contributed by atoms with Crippen LogP contribution in [0.2, 0.25) is 0 Å². The van der Waals surface area contributed by atoms with Crippen molar-refractivity contribution in [2.75, 3.05) is 0 Å². The van der Waals surface area contributed by atoms with Crippen LogP contribution in [0.15, 0.2) is 84.9 Å². The van der Waals surface area contributed by atoms with Gasteiger partial charge in [0.25, 0.3) is 0 Å². The van der Waals surface area contributed by atoms with Gasteiger partial charge in [0.1, 0.15) is 11.5 Å². The van der Waals surface area contributed by atoms with Crippen molar-refractivity contribution in [3.8, 4) is 17.2 Å². The van der Waals surface area contributed by atoms with Crippen molar-refractivity contribution < 1.29 is 27.0 Å². The number of ether oxygens (including phenoxy) is 2. The van der Waals surface area contributed by atoms with Gasteiger partial charge in [-0.15, -0.1) is 13.2 Å². The molecule has 0 aliphatic heterocycles. The first-order chi connectivity index (χ1) is 14.4. The Hall–Kier alpha value is -3.28. The molecule has 2 nitrogen and oxygen atoms in total. The average Bonchev–Trinajstić information content (AvgIpc) is 2.71. The number of hydrogen-bond acceptors (Lipinski definition) is 2. The van der Waals surface area contributed by atoms with Crippen LogP contribution in [0.1, 0.15) is 17.5 Å². The SMILES string of the molecule is Fc1ccc(CC=CCCc2ccc(OC(F)(F)F)cc2)cc1Oc1ccccc1. The number of allylic oxidation sites excluding steroid dienone is 2. The molecular formula is C24H20F4O2. The summed E-state index contributed by atoms with van der Waals surface area (Å²) in [7, 11) is 0. The second-order valence-electron chi connectivity index (χ2n) is 6.59. The number of halogens is 4. The second kappa shape index (κ2) is 9.96. The topological polar surface area (TPSA) is 18.5 Å². The first-order valence-corrected chi connectivity index (χ1v) is 9.40. The van der Waals surface area contributed by atoms with Gasteiger partial charge in [0.2, 0.25) is 0 Å². The lowest BCUT2D eigenvalue weighted by Crippen LogP contribution is -2.17. The number of rotatable bonds is 8. The molecule has 0 heterocycles. The maximum atomic E-state index is 14.0. The minimum Gasteiger partial charge on any atom is -0.454 e. The molecule has 0 atom stereocenters. The summed E-state index contributed by atoms with van der Waals surface area (Å²) in [6.07, 6.45) is 1.31. The normalized spacial score (nSPS) is 11.6. The molecule has 3 aromatic rings. The fourth-order valence-electron chi connectivity index (χ4n) is 2.81. The van der Waals surface area contributed by atoms with Crippen LogP contribution in [0.25, 0.3) is 0 Å². The van der Waals surface area contributed by atoms with E-state index in [1.165, 1.54) is 18.2 Å². The van der Waals surface area contributed by atoms with E-state index < -0.39 is 12.2 Å². The fourth-order valence-corrected chi connectivity index (χ4v) is 2.81. The van der Waals surface area contributed by atoms with E-state index in [0.29, 0.717) is 18.6 Å². The van der Waals surface area contributed by atoms with E-state index in [2.05, 4.69) is 4.74 Å². The zero-order chi connectivity index (χ0) is 21.4. The van der Waals surface area contributed by atoms with Gasteiger partial charge in [-0.1, -0.05) is 48.6 Å². The fraction of sp³-hybridized carbons (Fsp3) is 0.167. The van der Waals surface area contributed by atoms with Crippen molar-refractivity contribution in [2.45, 2.75) is 25.6 Å². The Bertz CT molecular complexity index is 965. The lowest BCUT2D eigenvalue weighted by Gasteiger charge is -2.09. The minimum absolute atomic E-state index is 0.174. The predicted molar refractivity (Wildman–Crippen MR) is 107 cm³/mol. The standard InChI is InChI=1S/C24H20F4O2/c25-22-16-13-19(17-23(22)29-20-9-5-2-6-10-20)8-4-1-3-7-18-11-14-21(15-12-18)30-24(26,27)28/h1-2,4-6,9-17H,3,7-8H2. The third-order valence-electron chi connectivity index (χ3n) is 4.24. The van der Waals surface area contributed by atoms with E-state index in [0.717, 1.165) is 17.5 Å². The largest absolute Gasteiger partial charge is 0.573 e. The van der Waals surface area contributed by atoms with Gasteiger partial charge in [-0.05, 0) is 66.8 Å². The first kappa shape index (κ1) is 21.4. The number of alkyl halides is 3. The first-order valence-electron chi connectivity index (χ1n) is 9.40. The molecule has 0 spiro atoms.